The highest BCUT2D eigenvalue weighted by atomic mass is 79.9. The summed E-state index contributed by atoms with van der Waals surface area (Å²) in [5.74, 6) is 0.648. The standard InChI is InChI=1S/C19H18BrN3O3/c20-13-9-7-12(8-10-13)17-21-16(26-22-17)6-3-11-23-18(24)14-4-1-2-5-15(14)19(23)25/h1-2,7-10,14-15H,3-6,11H2/t14-,15-/m0/s1. The molecule has 0 spiro atoms. The molecule has 134 valence electrons. The zero-order valence-corrected chi connectivity index (χ0v) is 15.7. The molecule has 6 nitrogen and oxygen atoms in total. The van der Waals surface area contributed by atoms with Crippen molar-refractivity contribution >= 4 is 27.7 Å². The van der Waals surface area contributed by atoms with Gasteiger partial charge in [0.15, 0.2) is 0 Å². The fourth-order valence-corrected chi connectivity index (χ4v) is 3.81. The number of imide groups is 1. The van der Waals surface area contributed by atoms with Crippen LogP contribution in [0.1, 0.15) is 25.2 Å². The van der Waals surface area contributed by atoms with Gasteiger partial charge >= 0.3 is 0 Å². The summed E-state index contributed by atoms with van der Waals surface area (Å²) < 4.78 is 6.28. The van der Waals surface area contributed by atoms with Gasteiger partial charge in [-0.2, -0.15) is 4.98 Å². The summed E-state index contributed by atoms with van der Waals surface area (Å²) in [7, 11) is 0. The van der Waals surface area contributed by atoms with Crippen molar-refractivity contribution in [1.82, 2.24) is 15.0 Å². The zero-order chi connectivity index (χ0) is 18.1. The first-order valence-electron chi connectivity index (χ1n) is 8.72. The summed E-state index contributed by atoms with van der Waals surface area (Å²) >= 11 is 3.39. The Balaban J connectivity index is 1.35. The first-order valence-corrected chi connectivity index (χ1v) is 9.51. The number of fused-ring (bicyclic) bond motifs is 1. The summed E-state index contributed by atoms with van der Waals surface area (Å²) in [6.07, 6.45) is 6.49. The van der Waals surface area contributed by atoms with Crippen molar-refractivity contribution in [1.29, 1.82) is 0 Å². The van der Waals surface area contributed by atoms with E-state index in [-0.39, 0.29) is 23.7 Å². The Morgan fingerprint density at radius 2 is 1.73 bits per heavy atom. The molecule has 26 heavy (non-hydrogen) atoms. The molecule has 0 saturated carbocycles. The van der Waals surface area contributed by atoms with Gasteiger partial charge in [-0.15, -0.1) is 0 Å². The average molecular weight is 416 g/mol. The van der Waals surface area contributed by atoms with E-state index in [4.69, 9.17) is 4.52 Å². The zero-order valence-electron chi connectivity index (χ0n) is 14.1. The van der Waals surface area contributed by atoms with Gasteiger partial charge in [-0.1, -0.05) is 33.2 Å². The van der Waals surface area contributed by atoms with Gasteiger partial charge in [0, 0.05) is 23.0 Å². The van der Waals surface area contributed by atoms with Crippen LogP contribution in [0.25, 0.3) is 11.4 Å². The second-order valence-corrected chi connectivity index (χ2v) is 7.52. The molecule has 7 heteroatoms. The lowest BCUT2D eigenvalue weighted by Gasteiger charge is -2.14. The summed E-state index contributed by atoms with van der Waals surface area (Å²) in [5.41, 5.74) is 0.879. The second-order valence-electron chi connectivity index (χ2n) is 6.61. The topological polar surface area (TPSA) is 76.3 Å². The van der Waals surface area contributed by atoms with E-state index in [1.54, 1.807) is 0 Å². The van der Waals surface area contributed by atoms with Crippen molar-refractivity contribution in [3.8, 4) is 11.4 Å². The van der Waals surface area contributed by atoms with Gasteiger partial charge in [-0.25, -0.2) is 0 Å². The third-order valence-electron chi connectivity index (χ3n) is 4.94. The predicted octanol–water partition coefficient (Wildman–Crippen LogP) is 3.38. The number of halogens is 1. The Labute approximate surface area is 159 Å². The van der Waals surface area contributed by atoms with Crippen LogP contribution < -0.4 is 0 Å². The molecule has 0 unspecified atom stereocenters. The second kappa shape index (κ2) is 7.15. The van der Waals surface area contributed by atoms with Crippen molar-refractivity contribution in [2.45, 2.75) is 25.7 Å². The van der Waals surface area contributed by atoms with Crippen LogP contribution in [-0.2, 0) is 16.0 Å². The Morgan fingerprint density at radius 1 is 1.08 bits per heavy atom. The largest absolute Gasteiger partial charge is 0.339 e. The Hall–Kier alpha value is -2.28. The number of amides is 2. The minimum atomic E-state index is -0.167. The van der Waals surface area contributed by atoms with E-state index in [1.807, 2.05) is 36.4 Å². The smallest absolute Gasteiger partial charge is 0.233 e. The highest BCUT2D eigenvalue weighted by Gasteiger charge is 2.46. The van der Waals surface area contributed by atoms with Crippen molar-refractivity contribution in [3.05, 3.63) is 46.8 Å². The molecule has 1 saturated heterocycles. The summed E-state index contributed by atoms with van der Waals surface area (Å²) in [5, 5.41) is 4.00. The molecule has 4 rings (SSSR count). The number of allylic oxidation sites excluding steroid dienone is 2. The Morgan fingerprint density at radius 3 is 2.38 bits per heavy atom. The number of nitrogens with zero attached hydrogens (tertiary/aromatic N) is 3. The molecule has 1 aliphatic carbocycles. The van der Waals surface area contributed by atoms with Crippen LogP contribution in [-0.4, -0.2) is 33.4 Å². The van der Waals surface area contributed by atoms with E-state index in [0.717, 1.165) is 10.0 Å². The SMILES string of the molecule is O=C1[C@H]2CC=CC[C@@H]2C(=O)N1CCCc1nc(-c2ccc(Br)cc2)no1. The Bertz CT molecular complexity index is 833. The van der Waals surface area contributed by atoms with E-state index in [2.05, 4.69) is 26.1 Å². The molecular formula is C19H18BrN3O3. The third kappa shape index (κ3) is 3.23. The van der Waals surface area contributed by atoms with Crippen LogP contribution in [0, 0.1) is 11.8 Å². The number of carbonyl (C=O) groups excluding carboxylic acids is 2. The van der Waals surface area contributed by atoms with Crippen LogP contribution in [0.4, 0.5) is 0 Å². The highest BCUT2D eigenvalue weighted by molar-refractivity contribution is 9.10. The van der Waals surface area contributed by atoms with Crippen LogP contribution in [0.2, 0.25) is 0 Å². The lowest BCUT2D eigenvalue weighted by atomic mass is 9.85. The van der Waals surface area contributed by atoms with Gasteiger partial charge in [0.25, 0.3) is 0 Å². The van der Waals surface area contributed by atoms with Gasteiger partial charge in [0.2, 0.25) is 23.5 Å². The summed E-state index contributed by atoms with van der Waals surface area (Å²) in [6, 6.07) is 7.67. The molecule has 2 aromatic rings. The minimum absolute atomic E-state index is 0.0366. The van der Waals surface area contributed by atoms with E-state index < -0.39 is 0 Å². The number of carbonyl (C=O) groups is 2. The lowest BCUT2D eigenvalue weighted by molar-refractivity contribution is -0.139. The van der Waals surface area contributed by atoms with Gasteiger partial charge in [-0.3, -0.25) is 14.5 Å². The average Bonchev–Trinajstić information content (AvgIpc) is 3.22. The van der Waals surface area contributed by atoms with Crippen molar-refractivity contribution in [2.24, 2.45) is 11.8 Å². The summed E-state index contributed by atoms with van der Waals surface area (Å²) in [6.45, 7) is 0.403. The first kappa shape index (κ1) is 17.1. The van der Waals surface area contributed by atoms with Crippen molar-refractivity contribution in [3.63, 3.8) is 0 Å². The van der Waals surface area contributed by atoms with Gasteiger partial charge < -0.3 is 4.52 Å². The van der Waals surface area contributed by atoms with Gasteiger partial charge in [0.1, 0.15) is 0 Å². The van der Waals surface area contributed by atoms with Crippen LogP contribution in [0.3, 0.4) is 0 Å². The Kier molecular flexibility index (Phi) is 4.72. The number of benzene rings is 1. The molecular weight excluding hydrogens is 398 g/mol. The van der Waals surface area contributed by atoms with E-state index >= 15 is 0 Å². The number of hydrogen-bond acceptors (Lipinski definition) is 5. The fourth-order valence-electron chi connectivity index (χ4n) is 3.55. The predicted molar refractivity (Wildman–Crippen MR) is 97.8 cm³/mol. The minimum Gasteiger partial charge on any atom is -0.339 e. The number of aromatic nitrogens is 2. The highest BCUT2D eigenvalue weighted by Crippen LogP contribution is 2.35. The van der Waals surface area contributed by atoms with Crippen molar-refractivity contribution in [2.75, 3.05) is 6.54 Å². The molecule has 1 fully saturated rings. The fraction of sp³-hybridized carbons (Fsp3) is 0.368. The number of rotatable bonds is 5. The molecule has 0 bridgehead atoms. The van der Waals surface area contributed by atoms with Crippen LogP contribution >= 0.6 is 15.9 Å². The number of hydrogen-bond donors (Lipinski definition) is 0. The molecule has 2 atom stereocenters. The van der Waals surface area contributed by atoms with E-state index in [1.165, 1.54) is 4.90 Å². The molecule has 0 radical (unpaired) electrons. The lowest BCUT2D eigenvalue weighted by Crippen LogP contribution is -2.32. The van der Waals surface area contributed by atoms with Crippen LogP contribution in [0.15, 0.2) is 45.4 Å². The van der Waals surface area contributed by atoms with Crippen LogP contribution in [0.5, 0.6) is 0 Å². The third-order valence-corrected chi connectivity index (χ3v) is 5.47. The van der Waals surface area contributed by atoms with E-state index in [9.17, 15) is 9.59 Å². The van der Waals surface area contributed by atoms with Gasteiger partial charge in [0.05, 0.1) is 11.8 Å². The molecule has 1 aromatic heterocycles. The molecule has 0 N–H and O–H groups in total. The monoisotopic (exact) mass is 415 g/mol. The molecule has 2 heterocycles. The number of aryl methyl sites for hydroxylation is 1. The quantitative estimate of drug-likeness (QED) is 0.552. The van der Waals surface area contributed by atoms with E-state index in [0.29, 0.717) is 43.9 Å². The van der Waals surface area contributed by atoms with Crippen molar-refractivity contribution < 1.29 is 14.1 Å². The molecule has 2 amide bonds. The maximum Gasteiger partial charge on any atom is 0.233 e. The summed E-state index contributed by atoms with van der Waals surface area (Å²) in [4.78, 5) is 30.7. The maximum atomic E-state index is 12.4. The number of likely N-dealkylation sites (tertiary alicyclic amines) is 1. The molecule has 1 aliphatic heterocycles. The van der Waals surface area contributed by atoms with Gasteiger partial charge in [-0.05, 0) is 43.5 Å². The maximum absolute atomic E-state index is 12.4. The molecule has 2 aliphatic rings. The first-order chi connectivity index (χ1) is 12.6. The normalized spacial score (nSPS) is 22.1. The molecule has 1 aromatic carbocycles.